The molecule has 1 saturated heterocycles. The molecule has 21 heavy (non-hydrogen) atoms. The zero-order chi connectivity index (χ0) is 14.7. The van der Waals surface area contributed by atoms with Gasteiger partial charge in [-0.25, -0.2) is 4.98 Å². The number of nitrogens with zero attached hydrogens (tertiary/aromatic N) is 2. The van der Waals surface area contributed by atoms with Crippen LogP contribution in [0.15, 0.2) is 30.3 Å². The van der Waals surface area contributed by atoms with E-state index in [0.29, 0.717) is 5.92 Å². The summed E-state index contributed by atoms with van der Waals surface area (Å²) in [6.07, 6.45) is 1.23. The Morgan fingerprint density at radius 2 is 2.14 bits per heavy atom. The van der Waals surface area contributed by atoms with Crippen molar-refractivity contribution in [3.8, 4) is 0 Å². The molecule has 2 heterocycles. The highest BCUT2D eigenvalue weighted by Gasteiger charge is 2.26. The van der Waals surface area contributed by atoms with Gasteiger partial charge in [-0.3, -0.25) is 0 Å². The molecule has 0 radical (unpaired) electrons. The van der Waals surface area contributed by atoms with Crippen LogP contribution in [0.2, 0.25) is 0 Å². The quantitative estimate of drug-likeness (QED) is 0.915. The van der Waals surface area contributed by atoms with E-state index in [9.17, 15) is 0 Å². The molecule has 1 aromatic carbocycles. The van der Waals surface area contributed by atoms with Crippen LogP contribution in [0, 0.1) is 6.92 Å². The fourth-order valence-corrected chi connectivity index (χ4v) is 3.95. The van der Waals surface area contributed by atoms with E-state index in [1.165, 1.54) is 27.7 Å². The van der Waals surface area contributed by atoms with Gasteiger partial charge in [-0.15, -0.1) is 11.3 Å². The van der Waals surface area contributed by atoms with Crippen LogP contribution in [-0.2, 0) is 6.54 Å². The van der Waals surface area contributed by atoms with Crippen LogP contribution in [0.3, 0.4) is 0 Å². The van der Waals surface area contributed by atoms with Crippen molar-refractivity contribution in [1.29, 1.82) is 0 Å². The lowest BCUT2D eigenvalue weighted by atomic mass is 9.99. The van der Waals surface area contributed by atoms with Gasteiger partial charge in [0.1, 0.15) is 0 Å². The highest BCUT2D eigenvalue weighted by molar-refractivity contribution is 7.15. The summed E-state index contributed by atoms with van der Waals surface area (Å²) in [6.45, 7) is 8.42. The Bertz CT molecular complexity index is 579. The van der Waals surface area contributed by atoms with Crippen molar-refractivity contribution in [2.24, 2.45) is 0 Å². The number of hydrogen-bond donors (Lipinski definition) is 1. The van der Waals surface area contributed by atoms with Gasteiger partial charge in [0.15, 0.2) is 5.13 Å². The molecule has 2 aromatic rings. The van der Waals surface area contributed by atoms with Gasteiger partial charge < -0.3 is 10.2 Å². The first kappa shape index (κ1) is 14.5. The van der Waals surface area contributed by atoms with Crippen molar-refractivity contribution < 1.29 is 0 Å². The monoisotopic (exact) mass is 301 g/mol. The van der Waals surface area contributed by atoms with Gasteiger partial charge >= 0.3 is 0 Å². The maximum atomic E-state index is 4.78. The van der Waals surface area contributed by atoms with E-state index in [1.807, 2.05) is 11.3 Å². The van der Waals surface area contributed by atoms with Gasteiger partial charge in [0.2, 0.25) is 0 Å². The molecule has 3 nitrogen and oxygen atoms in total. The van der Waals surface area contributed by atoms with E-state index < -0.39 is 0 Å². The van der Waals surface area contributed by atoms with Gasteiger partial charge in [-0.05, 0) is 25.5 Å². The van der Waals surface area contributed by atoms with Gasteiger partial charge in [-0.2, -0.15) is 0 Å². The van der Waals surface area contributed by atoms with Crippen molar-refractivity contribution >= 4 is 16.5 Å². The summed E-state index contributed by atoms with van der Waals surface area (Å²) < 4.78 is 0. The molecule has 1 aromatic heterocycles. The molecule has 1 atom stereocenters. The molecule has 4 heteroatoms. The molecular formula is C17H23N3S. The minimum Gasteiger partial charge on any atom is -0.347 e. The molecule has 1 aliphatic rings. The highest BCUT2D eigenvalue weighted by Crippen LogP contribution is 2.34. The second kappa shape index (κ2) is 6.58. The summed E-state index contributed by atoms with van der Waals surface area (Å²) >= 11 is 1.85. The molecule has 1 N–H and O–H groups in total. The predicted octanol–water partition coefficient (Wildman–Crippen LogP) is 3.55. The first-order chi connectivity index (χ1) is 10.3. The van der Waals surface area contributed by atoms with Crippen LogP contribution in [0.1, 0.15) is 35.4 Å². The van der Waals surface area contributed by atoms with E-state index in [1.54, 1.807) is 0 Å². The molecule has 0 spiro atoms. The SMILES string of the molecule is CCNCc1sc(N2CCC(c3ccccc3)C2)nc1C. The van der Waals surface area contributed by atoms with Gasteiger partial charge in [0.25, 0.3) is 0 Å². The molecule has 3 rings (SSSR count). The highest BCUT2D eigenvalue weighted by atomic mass is 32.1. The Balaban J connectivity index is 1.69. The van der Waals surface area contributed by atoms with E-state index >= 15 is 0 Å². The smallest absolute Gasteiger partial charge is 0.185 e. The number of nitrogens with one attached hydrogen (secondary N) is 1. The molecule has 0 bridgehead atoms. The third-order valence-corrected chi connectivity index (χ3v) is 5.36. The summed E-state index contributed by atoms with van der Waals surface area (Å²) in [4.78, 5) is 8.60. The van der Waals surface area contributed by atoms with Gasteiger partial charge in [0, 0.05) is 30.4 Å². The number of hydrogen-bond acceptors (Lipinski definition) is 4. The lowest BCUT2D eigenvalue weighted by molar-refractivity contribution is 0.731. The second-order valence-electron chi connectivity index (χ2n) is 5.63. The Kier molecular flexibility index (Phi) is 4.56. The van der Waals surface area contributed by atoms with Gasteiger partial charge in [0.05, 0.1) is 5.69 Å². The summed E-state index contributed by atoms with van der Waals surface area (Å²) in [5.74, 6) is 0.646. The van der Waals surface area contributed by atoms with Crippen LogP contribution >= 0.6 is 11.3 Å². The average Bonchev–Trinajstić information content (AvgIpc) is 3.13. The zero-order valence-corrected chi connectivity index (χ0v) is 13.6. The minimum absolute atomic E-state index is 0.646. The van der Waals surface area contributed by atoms with Crippen molar-refractivity contribution in [3.05, 3.63) is 46.5 Å². The van der Waals surface area contributed by atoms with Crippen LogP contribution in [0.5, 0.6) is 0 Å². The number of aromatic nitrogens is 1. The Hall–Kier alpha value is -1.39. The van der Waals surface area contributed by atoms with Crippen LogP contribution in [0.4, 0.5) is 5.13 Å². The molecule has 0 aliphatic carbocycles. The first-order valence-corrected chi connectivity index (χ1v) is 8.56. The van der Waals surface area contributed by atoms with Crippen LogP contribution < -0.4 is 10.2 Å². The van der Waals surface area contributed by atoms with E-state index in [0.717, 1.165) is 26.2 Å². The fourth-order valence-electron chi connectivity index (χ4n) is 2.88. The van der Waals surface area contributed by atoms with Crippen molar-refractivity contribution in [1.82, 2.24) is 10.3 Å². The lowest BCUT2D eigenvalue weighted by Crippen LogP contribution is -2.18. The zero-order valence-electron chi connectivity index (χ0n) is 12.8. The third kappa shape index (κ3) is 3.27. The van der Waals surface area contributed by atoms with E-state index in [4.69, 9.17) is 4.98 Å². The second-order valence-corrected chi connectivity index (χ2v) is 6.69. The number of benzene rings is 1. The Morgan fingerprint density at radius 1 is 1.33 bits per heavy atom. The van der Waals surface area contributed by atoms with E-state index in [2.05, 4.69) is 54.4 Å². The Morgan fingerprint density at radius 3 is 2.90 bits per heavy atom. The van der Waals surface area contributed by atoms with Crippen LogP contribution in [-0.4, -0.2) is 24.6 Å². The normalized spacial score (nSPS) is 18.4. The van der Waals surface area contributed by atoms with Crippen molar-refractivity contribution in [2.75, 3.05) is 24.5 Å². The number of thiazole rings is 1. The third-order valence-electron chi connectivity index (χ3n) is 4.15. The van der Waals surface area contributed by atoms with Crippen molar-refractivity contribution in [2.45, 2.75) is 32.7 Å². The Labute approximate surface area is 131 Å². The maximum Gasteiger partial charge on any atom is 0.185 e. The molecular weight excluding hydrogens is 278 g/mol. The molecule has 112 valence electrons. The summed E-state index contributed by atoms with van der Waals surface area (Å²) in [5, 5.41) is 4.59. The number of rotatable bonds is 5. The summed E-state index contributed by atoms with van der Waals surface area (Å²) in [5.41, 5.74) is 2.64. The molecule has 1 aliphatic heterocycles. The number of aryl methyl sites for hydroxylation is 1. The summed E-state index contributed by atoms with van der Waals surface area (Å²) in [6, 6.07) is 10.9. The van der Waals surface area contributed by atoms with E-state index in [-0.39, 0.29) is 0 Å². The average molecular weight is 301 g/mol. The fraction of sp³-hybridized carbons (Fsp3) is 0.471. The topological polar surface area (TPSA) is 28.2 Å². The summed E-state index contributed by atoms with van der Waals surface area (Å²) in [7, 11) is 0. The number of anilines is 1. The maximum absolute atomic E-state index is 4.78. The predicted molar refractivity (Wildman–Crippen MR) is 90.2 cm³/mol. The first-order valence-electron chi connectivity index (χ1n) is 7.75. The van der Waals surface area contributed by atoms with Gasteiger partial charge in [-0.1, -0.05) is 37.3 Å². The minimum atomic E-state index is 0.646. The standard InChI is InChI=1S/C17H23N3S/c1-3-18-11-16-13(2)19-17(21-16)20-10-9-15(12-20)14-7-5-4-6-8-14/h4-8,15,18H,3,9-12H2,1-2H3. The van der Waals surface area contributed by atoms with Crippen molar-refractivity contribution in [3.63, 3.8) is 0 Å². The molecule has 0 saturated carbocycles. The molecule has 0 amide bonds. The lowest BCUT2D eigenvalue weighted by Gasteiger charge is -2.15. The van der Waals surface area contributed by atoms with Crippen LogP contribution in [0.25, 0.3) is 0 Å². The largest absolute Gasteiger partial charge is 0.347 e. The molecule has 1 fully saturated rings. The molecule has 1 unspecified atom stereocenters.